The number of rotatable bonds is 3. The van der Waals surface area contributed by atoms with Crippen molar-refractivity contribution in [3.05, 3.63) is 30.3 Å². The second-order valence-electron chi connectivity index (χ2n) is 2.32. The van der Waals surface area contributed by atoms with Crippen LogP contribution in [0.5, 0.6) is 0 Å². The molecule has 0 aliphatic carbocycles. The first-order chi connectivity index (χ1) is 5.67. The van der Waals surface area contributed by atoms with Crippen molar-refractivity contribution in [2.45, 2.75) is 4.90 Å². The second kappa shape index (κ2) is 4.58. The van der Waals surface area contributed by atoms with Gasteiger partial charge in [-0.3, -0.25) is 0 Å². The standard InChI is InChI=1S/C7H7O2S.ClH.Hg/c1-10(8,9)7-5-3-2-4-6-7;;/h2-6H,1H2;1H;/q;;+1/p-1. The van der Waals surface area contributed by atoms with Gasteiger partial charge in [0.1, 0.15) is 0 Å². The third-order valence-corrected chi connectivity index (χ3v) is 15.3. The van der Waals surface area contributed by atoms with Crippen molar-refractivity contribution in [1.29, 1.82) is 0 Å². The van der Waals surface area contributed by atoms with Gasteiger partial charge < -0.3 is 0 Å². The predicted molar refractivity (Wildman–Crippen MR) is 44.3 cm³/mol. The molecule has 0 atom stereocenters. The molecule has 5 heteroatoms. The van der Waals surface area contributed by atoms with E-state index < -0.39 is 33.2 Å². The van der Waals surface area contributed by atoms with Gasteiger partial charge in [0.2, 0.25) is 0 Å². The van der Waals surface area contributed by atoms with Gasteiger partial charge in [-0.25, -0.2) is 0 Å². The van der Waals surface area contributed by atoms with Crippen LogP contribution < -0.4 is 0 Å². The van der Waals surface area contributed by atoms with Crippen LogP contribution in [-0.2, 0) is 33.2 Å². The summed E-state index contributed by atoms with van der Waals surface area (Å²) < 4.78 is 23.0. The van der Waals surface area contributed by atoms with E-state index in [0.717, 1.165) is 0 Å². The van der Waals surface area contributed by atoms with Gasteiger partial charge in [-0.2, -0.15) is 0 Å². The second-order valence-corrected chi connectivity index (χ2v) is 14.0. The van der Waals surface area contributed by atoms with E-state index in [1.54, 1.807) is 30.3 Å². The molecule has 0 unspecified atom stereocenters. The average Bonchev–Trinajstić information content (AvgIpc) is 2.06. The molecule has 0 fully saturated rings. The van der Waals surface area contributed by atoms with Crippen LogP contribution in [0.25, 0.3) is 0 Å². The molecule has 12 heavy (non-hydrogen) atoms. The van der Waals surface area contributed by atoms with Crippen LogP contribution in [0.1, 0.15) is 0 Å². The molecule has 2 nitrogen and oxygen atoms in total. The van der Waals surface area contributed by atoms with E-state index in [2.05, 4.69) is 0 Å². The topological polar surface area (TPSA) is 34.1 Å². The van der Waals surface area contributed by atoms with Gasteiger partial charge in [-0.05, 0) is 0 Å². The van der Waals surface area contributed by atoms with Crippen LogP contribution in [0.15, 0.2) is 35.2 Å². The molecule has 0 aliphatic rings. The Labute approximate surface area is 87.7 Å². The van der Waals surface area contributed by atoms with Gasteiger partial charge in [0.05, 0.1) is 0 Å². The molecule has 0 aromatic heterocycles. The Kier molecular flexibility index (Phi) is 4.00. The van der Waals surface area contributed by atoms with Gasteiger partial charge in [0.15, 0.2) is 0 Å². The summed E-state index contributed by atoms with van der Waals surface area (Å²) in [5.74, 6) is 0. The Morgan fingerprint density at radius 2 is 1.83 bits per heavy atom. The summed E-state index contributed by atoms with van der Waals surface area (Å²) in [5, 5.41) is 0. The first-order valence-corrected chi connectivity index (χ1v) is 15.8. The SMILES string of the molecule is O=S(=O)([CH2][Hg][Cl])c1ccccc1. The summed E-state index contributed by atoms with van der Waals surface area (Å²) in [7, 11) is 2.54. The summed E-state index contributed by atoms with van der Waals surface area (Å²) in [5.41, 5.74) is 0. The minimum absolute atomic E-state index is 0.221. The Morgan fingerprint density at radius 3 is 2.33 bits per heavy atom. The van der Waals surface area contributed by atoms with E-state index in [1.807, 2.05) is 0 Å². The van der Waals surface area contributed by atoms with Gasteiger partial charge in [0.25, 0.3) is 0 Å². The van der Waals surface area contributed by atoms with Crippen molar-refractivity contribution in [3.63, 3.8) is 0 Å². The monoisotopic (exact) mass is 392 g/mol. The van der Waals surface area contributed by atoms with E-state index in [-0.39, 0.29) is 3.26 Å². The van der Waals surface area contributed by atoms with Gasteiger partial charge in [-0.1, -0.05) is 0 Å². The molecule has 1 aromatic carbocycles. The van der Waals surface area contributed by atoms with Gasteiger partial charge >= 0.3 is 88.3 Å². The van der Waals surface area contributed by atoms with Crippen molar-refractivity contribution in [3.8, 4) is 0 Å². The Morgan fingerprint density at radius 1 is 1.25 bits per heavy atom. The third kappa shape index (κ3) is 2.71. The average molecular weight is 391 g/mol. The summed E-state index contributed by atoms with van der Waals surface area (Å²) in [6, 6.07) is 8.45. The van der Waals surface area contributed by atoms with Crippen molar-refractivity contribution in [2.75, 3.05) is 3.26 Å². The molecule has 0 aliphatic heterocycles. The fraction of sp³-hybridized carbons (Fsp3) is 0.143. The van der Waals surface area contributed by atoms with Gasteiger partial charge in [-0.15, -0.1) is 0 Å². The number of sulfone groups is 1. The fourth-order valence-electron chi connectivity index (χ4n) is 0.847. The summed E-state index contributed by atoms with van der Waals surface area (Å²) in [6.45, 7) is 0. The van der Waals surface area contributed by atoms with E-state index in [4.69, 9.17) is 8.25 Å². The molecule has 0 bridgehead atoms. The first kappa shape index (κ1) is 10.5. The number of hydrogen-bond acceptors (Lipinski definition) is 2. The van der Waals surface area contributed by atoms with Crippen LogP contribution in [0.4, 0.5) is 0 Å². The zero-order chi connectivity index (χ0) is 9.03. The molecule has 62 valence electrons. The fourth-order valence-corrected chi connectivity index (χ4v) is 12.3. The van der Waals surface area contributed by atoms with Crippen LogP contribution in [0.2, 0.25) is 0 Å². The van der Waals surface area contributed by atoms with E-state index >= 15 is 0 Å². The third-order valence-electron chi connectivity index (χ3n) is 1.45. The molecule has 0 amide bonds. The van der Waals surface area contributed by atoms with Crippen LogP contribution in [0, 0.1) is 0 Å². The number of halogens is 1. The molecule has 0 radical (unpaired) electrons. The van der Waals surface area contributed by atoms with E-state index in [9.17, 15) is 8.42 Å². The number of hydrogen-bond donors (Lipinski definition) is 0. The van der Waals surface area contributed by atoms with Crippen molar-refractivity contribution < 1.29 is 31.8 Å². The molecule has 0 spiro atoms. The van der Waals surface area contributed by atoms with Crippen LogP contribution >= 0.6 is 8.25 Å². The van der Waals surface area contributed by atoms with Crippen molar-refractivity contribution in [2.24, 2.45) is 0 Å². The maximum absolute atomic E-state index is 11.4. The molecular formula is C7H7ClHgO2S. The summed E-state index contributed by atoms with van der Waals surface area (Å²) >= 11 is -1.60. The molecule has 1 rings (SSSR count). The molecular weight excluding hydrogens is 384 g/mol. The van der Waals surface area contributed by atoms with Crippen LogP contribution in [0.3, 0.4) is 0 Å². The van der Waals surface area contributed by atoms with Crippen molar-refractivity contribution >= 4 is 18.1 Å². The molecule has 0 N–H and O–H groups in total. The summed E-state index contributed by atoms with van der Waals surface area (Å²) in [4.78, 5) is 0.394. The molecule has 0 saturated carbocycles. The Balaban J connectivity index is 2.99. The van der Waals surface area contributed by atoms with Gasteiger partial charge in [0, 0.05) is 0 Å². The minimum atomic E-state index is -3.04. The zero-order valence-corrected chi connectivity index (χ0v) is 13.5. The Bertz CT molecular complexity index is 336. The first-order valence-electron chi connectivity index (χ1n) is 3.50. The number of benzene rings is 1. The molecule has 0 heterocycles. The van der Waals surface area contributed by atoms with Crippen molar-refractivity contribution in [1.82, 2.24) is 0 Å². The zero-order valence-electron chi connectivity index (χ0n) is 6.40. The quantitative estimate of drug-likeness (QED) is 0.735. The summed E-state index contributed by atoms with van der Waals surface area (Å²) in [6.07, 6.45) is 0. The predicted octanol–water partition coefficient (Wildman–Crippen LogP) is 1.65. The Hall–Kier alpha value is 0.395. The molecule has 0 saturated heterocycles. The normalized spacial score (nSPS) is 10.8. The van der Waals surface area contributed by atoms with Crippen LogP contribution in [-0.4, -0.2) is 11.7 Å². The maximum atomic E-state index is 11.4. The van der Waals surface area contributed by atoms with E-state index in [1.165, 1.54) is 0 Å². The van der Waals surface area contributed by atoms with E-state index in [0.29, 0.717) is 4.90 Å². The molecule has 1 aromatic rings.